The van der Waals surface area contributed by atoms with Crippen molar-refractivity contribution in [2.45, 2.75) is 38.8 Å². The normalized spacial score (nSPS) is 11.2. The molecule has 0 unspecified atom stereocenters. The molecule has 0 bridgehead atoms. The highest BCUT2D eigenvalue weighted by atomic mass is 32.2. The summed E-state index contributed by atoms with van der Waals surface area (Å²) in [7, 11) is 3.19. The smallest absolute Gasteiger partial charge is 0.261 e. The Kier molecular flexibility index (Phi) is 13.3. The zero-order valence-electron chi connectivity index (χ0n) is 25.7. The van der Waals surface area contributed by atoms with Gasteiger partial charge < -0.3 is 29.6 Å². The first-order valence-electron chi connectivity index (χ1n) is 14.3. The molecule has 0 amide bonds. The van der Waals surface area contributed by atoms with E-state index < -0.39 is 10.1 Å². The van der Waals surface area contributed by atoms with Gasteiger partial charge in [0.2, 0.25) is 0 Å². The zero-order valence-corrected chi connectivity index (χ0v) is 26.6. The monoisotopic (exact) mass is 612 g/mol. The predicted octanol–water partition coefficient (Wildman–Crippen LogP) is 5.97. The number of nitrogens with one attached hydrogen (secondary N) is 2. The molecule has 9 nitrogen and oxygen atoms in total. The molecule has 0 aliphatic carbocycles. The van der Waals surface area contributed by atoms with E-state index in [1.54, 1.807) is 28.4 Å². The van der Waals surface area contributed by atoms with Gasteiger partial charge in [0.25, 0.3) is 10.1 Å². The van der Waals surface area contributed by atoms with Crippen LogP contribution in [0.15, 0.2) is 60.7 Å². The molecular formula is C33H44N2O7S. The van der Waals surface area contributed by atoms with Crippen LogP contribution in [0.4, 0.5) is 0 Å². The minimum Gasteiger partial charge on any atom is -0.497 e. The molecule has 0 aliphatic heterocycles. The van der Waals surface area contributed by atoms with Crippen LogP contribution in [0.5, 0.6) is 23.0 Å². The minimum absolute atomic E-state index is 0.715. The van der Waals surface area contributed by atoms with Crippen molar-refractivity contribution in [1.29, 1.82) is 0 Å². The Morgan fingerprint density at radius 3 is 1.33 bits per heavy atom. The van der Waals surface area contributed by atoms with Gasteiger partial charge in [-0.2, -0.15) is 8.42 Å². The summed E-state index contributed by atoms with van der Waals surface area (Å²) in [4.78, 5) is 0. The molecule has 43 heavy (non-hydrogen) atoms. The third kappa shape index (κ3) is 10.6. The lowest BCUT2D eigenvalue weighted by atomic mass is 10.0. The molecule has 0 saturated carbocycles. The van der Waals surface area contributed by atoms with Crippen LogP contribution in [0.25, 0.3) is 21.5 Å². The fraction of sp³-hybridized carbons (Fsp3) is 0.394. The average molecular weight is 613 g/mol. The first-order valence-corrected chi connectivity index (χ1v) is 16.1. The maximum Gasteiger partial charge on any atom is 0.261 e. The van der Waals surface area contributed by atoms with Gasteiger partial charge in [-0.25, -0.2) is 0 Å². The third-order valence-corrected chi connectivity index (χ3v) is 7.10. The lowest BCUT2D eigenvalue weighted by Crippen LogP contribution is -2.17. The van der Waals surface area contributed by atoms with Crippen LogP contribution < -0.4 is 29.6 Å². The van der Waals surface area contributed by atoms with Crippen LogP contribution >= 0.6 is 0 Å². The summed E-state index contributed by atoms with van der Waals surface area (Å²) in [5.41, 5.74) is 2.35. The van der Waals surface area contributed by atoms with Gasteiger partial charge in [-0.1, -0.05) is 37.1 Å². The van der Waals surface area contributed by atoms with Crippen LogP contribution in [0, 0.1) is 0 Å². The van der Waals surface area contributed by atoms with Crippen LogP contribution in [0.3, 0.4) is 0 Å². The number of rotatable bonds is 15. The van der Waals surface area contributed by atoms with Crippen LogP contribution in [0.2, 0.25) is 0 Å². The van der Waals surface area contributed by atoms with Crippen molar-refractivity contribution in [1.82, 2.24) is 10.6 Å². The Morgan fingerprint density at radius 2 is 0.977 bits per heavy atom. The van der Waals surface area contributed by atoms with Gasteiger partial charge in [0.15, 0.2) is 0 Å². The van der Waals surface area contributed by atoms with E-state index in [-0.39, 0.29) is 0 Å². The Bertz CT molecular complexity index is 1450. The lowest BCUT2D eigenvalue weighted by molar-refractivity contribution is 0.407. The topological polar surface area (TPSA) is 115 Å². The van der Waals surface area contributed by atoms with Crippen molar-refractivity contribution in [2.75, 3.05) is 47.8 Å². The second-order valence-corrected chi connectivity index (χ2v) is 11.6. The minimum atomic E-state index is -3.67. The summed E-state index contributed by atoms with van der Waals surface area (Å²) in [5.74, 6) is 3.54. The summed E-state index contributed by atoms with van der Waals surface area (Å²) < 4.78 is 48.0. The number of fused-ring (bicyclic) bond motifs is 2. The molecule has 0 radical (unpaired) electrons. The Hall–Kier alpha value is -3.57. The summed E-state index contributed by atoms with van der Waals surface area (Å²) in [6.45, 7) is 3.50. The van der Waals surface area contributed by atoms with E-state index in [0.717, 1.165) is 62.0 Å². The van der Waals surface area contributed by atoms with Crippen molar-refractivity contribution in [2.24, 2.45) is 0 Å². The predicted molar refractivity (Wildman–Crippen MR) is 173 cm³/mol. The molecular weight excluding hydrogens is 568 g/mol. The molecule has 0 fully saturated rings. The van der Waals surface area contributed by atoms with Crippen LogP contribution in [-0.2, 0) is 23.2 Å². The number of ether oxygens (including phenoxy) is 4. The van der Waals surface area contributed by atoms with Crippen molar-refractivity contribution >= 4 is 31.7 Å². The Morgan fingerprint density at radius 1 is 0.605 bits per heavy atom. The van der Waals surface area contributed by atoms with Gasteiger partial charge in [0, 0.05) is 24.2 Å². The Labute approximate surface area is 255 Å². The highest BCUT2D eigenvalue weighted by molar-refractivity contribution is 7.85. The molecule has 0 atom stereocenters. The van der Waals surface area contributed by atoms with Crippen molar-refractivity contribution in [3.63, 3.8) is 0 Å². The van der Waals surface area contributed by atoms with Crippen molar-refractivity contribution in [3.05, 3.63) is 71.8 Å². The van der Waals surface area contributed by atoms with Crippen LogP contribution in [-0.4, -0.2) is 60.8 Å². The second-order valence-electron chi connectivity index (χ2n) is 10.2. The summed E-state index contributed by atoms with van der Waals surface area (Å²) in [6, 6.07) is 20.6. The highest BCUT2D eigenvalue weighted by Gasteiger charge is 2.11. The number of unbranched alkanes of at least 4 members (excludes halogenated alkanes) is 3. The van der Waals surface area contributed by atoms with E-state index in [1.807, 2.05) is 24.3 Å². The van der Waals surface area contributed by atoms with Gasteiger partial charge in [-0.05, 0) is 83.9 Å². The molecule has 4 aromatic carbocycles. The summed E-state index contributed by atoms with van der Waals surface area (Å²) >= 11 is 0. The average Bonchev–Trinajstić information content (AvgIpc) is 3.00. The molecule has 3 N–H and O–H groups in total. The zero-order chi connectivity index (χ0) is 31.2. The van der Waals surface area contributed by atoms with E-state index in [9.17, 15) is 8.42 Å². The van der Waals surface area contributed by atoms with Gasteiger partial charge in [0.1, 0.15) is 23.0 Å². The van der Waals surface area contributed by atoms with Gasteiger partial charge in [-0.3, -0.25) is 4.55 Å². The lowest BCUT2D eigenvalue weighted by Gasteiger charge is -2.14. The highest BCUT2D eigenvalue weighted by Crippen LogP contribution is 2.32. The molecule has 0 heterocycles. The van der Waals surface area contributed by atoms with E-state index in [0.29, 0.717) is 6.26 Å². The molecule has 10 heteroatoms. The second kappa shape index (κ2) is 16.9. The first kappa shape index (κ1) is 33.9. The van der Waals surface area contributed by atoms with Crippen molar-refractivity contribution in [3.8, 4) is 23.0 Å². The first-order chi connectivity index (χ1) is 20.7. The number of methoxy groups -OCH3 is 4. The summed E-state index contributed by atoms with van der Waals surface area (Å²) in [5, 5.41) is 11.9. The fourth-order valence-electron chi connectivity index (χ4n) is 4.96. The molecule has 0 saturated heterocycles. The van der Waals surface area contributed by atoms with E-state index in [4.69, 9.17) is 23.5 Å². The summed E-state index contributed by atoms with van der Waals surface area (Å²) in [6.07, 6.45) is 5.40. The van der Waals surface area contributed by atoms with Gasteiger partial charge in [0.05, 0.1) is 34.7 Å². The third-order valence-electron chi connectivity index (χ3n) is 7.10. The largest absolute Gasteiger partial charge is 0.497 e. The fourth-order valence-corrected chi connectivity index (χ4v) is 4.96. The van der Waals surface area contributed by atoms with Gasteiger partial charge in [-0.15, -0.1) is 0 Å². The van der Waals surface area contributed by atoms with Gasteiger partial charge >= 0.3 is 0 Å². The molecule has 0 aliphatic rings. The SMILES string of the molecule is COc1ccc2ccc(OC)c(CNCCCCCCNCc3c(OC)ccc4ccc(OC)cc34)c2c1.CS(=O)(=O)O. The molecule has 0 spiro atoms. The van der Waals surface area contributed by atoms with Crippen molar-refractivity contribution < 1.29 is 31.9 Å². The number of hydrogen-bond donors (Lipinski definition) is 3. The standard InChI is InChI=1S/C32H40N2O4.CH4O3S/c1-35-25-13-9-23-11-15-31(37-3)29(27(23)19-25)21-33-17-7-5-6-8-18-34-22-30-28-20-26(36-2)14-10-24(28)12-16-32(30)38-4;1-5(2,3)4/h9-16,19-20,33-34H,5-8,17-18,21-22H2,1-4H3;1H3,(H,2,3,4). The molecule has 4 aromatic rings. The number of hydrogen-bond acceptors (Lipinski definition) is 8. The maximum atomic E-state index is 9.19. The number of benzene rings is 4. The Balaban J connectivity index is 0.000000934. The van der Waals surface area contributed by atoms with E-state index in [1.165, 1.54) is 45.5 Å². The van der Waals surface area contributed by atoms with E-state index in [2.05, 4.69) is 47.0 Å². The van der Waals surface area contributed by atoms with Crippen LogP contribution in [0.1, 0.15) is 36.8 Å². The van der Waals surface area contributed by atoms with E-state index >= 15 is 0 Å². The molecule has 234 valence electrons. The quantitative estimate of drug-likeness (QED) is 0.110. The molecule has 0 aromatic heterocycles. The maximum absolute atomic E-state index is 9.19. The molecule has 4 rings (SSSR count).